The first-order valence-corrected chi connectivity index (χ1v) is 9.76. The van der Waals surface area contributed by atoms with E-state index >= 15 is 0 Å². The summed E-state index contributed by atoms with van der Waals surface area (Å²) in [5.41, 5.74) is 0.472. The van der Waals surface area contributed by atoms with Crippen LogP contribution in [0.3, 0.4) is 0 Å². The maximum absolute atomic E-state index is 13.9. The monoisotopic (exact) mass is 435 g/mol. The second-order valence-corrected chi connectivity index (χ2v) is 8.65. The average Bonchev–Trinajstić information content (AvgIpc) is 2.98. The van der Waals surface area contributed by atoms with Crippen molar-refractivity contribution in [2.45, 2.75) is 39.2 Å². The highest BCUT2D eigenvalue weighted by Crippen LogP contribution is 2.33. The van der Waals surface area contributed by atoms with Crippen molar-refractivity contribution < 1.29 is 18.7 Å². The van der Waals surface area contributed by atoms with Gasteiger partial charge in [-0.15, -0.1) is 0 Å². The van der Waals surface area contributed by atoms with Crippen molar-refractivity contribution >= 4 is 46.0 Å². The summed E-state index contributed by atoms with van der Waals surface area (Å²) in [5.74, 6) is -1.43. The molecule has 1 heterocycles. The number of halogens is 3. The van der Waals surface area contributed by atoms with Gasteiger partial charge in [0.15, 0.2) is 5.78 Å². The van der Waals surface area contributed by atoms with Crippen LogP contribution in [0, 0.1) is 5.82 Å². The molecule has 29 heavy (non-hydrogen) atoms. The summed E-state index contributed by atoms with van der Waals surface area (Å²) in [7, 11) is 0. The van der Waals surface area contributed by atoms with Crippen LogP contribution in [0.15, 0.2) is 42.6 Å². The van der Waals surface area contributed by atoms with Gasteiger partial charge in [0.25, 0.3) is 0 Å². The van der Waals surface area contributed by atoms with E-state index in [9.17, 15) is 14.0 Å². The molecule has 2 aromatic carbocycles. The first kappa shape index (κ1) is 21.3. The number of aromatic nitrogens is 1. The normalized spacial score (nSPS) is 12.8. The lowest BCUT2D eigenvalue weighted by molar-refractivity contribution is 0.0544. The fraction of sp³-hybridized carbons (Fsp3) is 0.273. The molecule has 3 rings (SSSR count). The SMILES string of the molecule is CC(C(=O)c1cn(C(=O)OC(C)(C)C)c2ccc(F)cc12)c1ccc(Cl)cc1Cl. The van der Waals surface area contributed by atoms with E-state index in [0.717, 1.165) is 0 Å². The molecule has 0 radical (unpaired) electrons. The number of ketones is 1. The van der Waals surface area contributed by atoms with Crippen LogP contribution in [-0.4, -0.2) is 22.0 Å². The highest BCUT2D eigenvalue weighted by Gasteiger charge is 2.27. The van der Waals surface area contributed by atoms with Gasteiger partial charge in [0.2, 0.25) is 0 Å². The van der Waals surface area contributed by atoms with Crippen molar-refractivity contribution in [3.8, 4) is 0 Å². The Morgan fingerprint density at radius 1 is 1.10 bits per heavy atom. The number of fused-ring (bicyclic) bond motifs is 1. The van der Waals surface area contributed by atoms with E-state index in [1.165, 1.54) is 29.0 Å². The number of hydrogen-bond donors (Lipinski definition) is 0. The first-order valence-electron chi connectivity index (χ1n) is 9.01. The molecular formula is C22H20Cl2FNO3. The van der Waals surface area contributed by atoms with Crippen molar-refractivity contribution in [1.82, 2.24) is 4.57 Å². The van der Waals surface area contributed by atoms with E-state index in [-0.39, 0.29) is 11.3 Å². The predicted molar refractivity (Wildman–Crippen MR) is 113 cm³/mol. The predicted octanol–water partition coefficient (Wildman–Crippen LogP) is 6.86. The molecule has 3 aromatic rings. The highest BCUT2D eigenvalue weighted by molar-refractivity contribution is 6.35. The molecule has 1 aromatic heterocycles. The van der Waals surface area contributed by atoms with Crippen molar-refractivity contribution in [3.63, 3.8) is 0 Å². The van der Waals surface area contributed by atoms with Crippen LogP contribution >= 0.6 is 23.2 Å². The molecule has 0 amide bonds. The third-order valence-electron chi connectivity index (χ3n) is 4.44. The molecular weight excluding hydrogens is 416 g/mol. The van der Waals surface area contributed by atoms with E-state index < -0.39 is 23.4 Å². The molecule has 0 aliphatic carbocycles. The number of carbonyl (C=O) groups excluding carboxylic acids is 2. The molecule has 1 unspecified atom stereocenters. The van der Waals surface area contributed by atoms with Gasteiger partial charge in [0.05, 0.1) is 5.52 Å². The summed E-state index contributed by atoms with van der Waals surface area (Å²) in [4.78, 5) is 25.9. The number of ether oxygens (including phenoxy) is 1. The smallest absolute Gasteiger partial charge is 0.419 e. The molecule has 0 N–H and O–H groups in total. The average molecular weight is 436 g/mol. The molecule has 4 nitrogen and oxygen atoms in total. The van der Waals surface area contributed by atoms with E-state index in [0.29, 0.717) is 26.5 Å². The third-order valence-corrected chi connectivity index (χ3v) is 5.01. The molecule has 0 bridgehead atoms. The van der Waals surface area contributed by atoms with Gasteiger partial charge in [-0.2, -0.15) is 0 Å². The molecule has 0 aliphatic heterocycles. The van der Waals surface area contributed by atoms with Gasteiger partial charge in [-0.3, -0.25) is 9.36 Å². The lowest BCUT2D eigenvalue weighted by Gasteiger charge is -2.19. The summed E-state index contributed by atoms with van der Waals surface area (Å²) >= 11 is 12.2. The summed E-state index contributed by atoms with van der Waals surface area (Å²) in [5, 5.41) is 1.15. The molecule has 0 fully saturated rings. The lowest BCUT2D eigenvalue weighted by atomic mass is 9.92. The zero-order valence-corrected chi connectivity index (χ0v) is 17.9. The Labute approximate surface area is 178 Å². The largest absolute Gasteiger partial charge is 0.443 e. The van der Waals surface area contributed by atoms with Crippen LogP contribution in [0.25, 0.3) is 10.9 Å². The van der Waals surface area contributed by atoms with Crippen LogP contribution in [0.4, 0.5) is 9.18 Å². The maximum atomic E-state index is 13.9. The molecule has 1 atom stereocenters. The molecule has 0 saturated heterocycles. The Morgan fingerprint density at radius 2 is 1.79 bits per heavy atom. The highest BCUT2D eigenvalue weighted by atomic mass is 35.5. The number of rotatable bonds is 3. The topological polar surface area (TPSA) is 48.3 Å². The Kier molecular flexibility index (Phi) is 5.74. The maximum Gasteiger partial charge on any atom is 0.419 e. The van der Waals surface area contributed by atoms with Crippen LogP contribution in [0.1, 0.15) is 49.5 Å². The van der Waals surface area contributed by atoms with Gasteiger partial charge in [0.1, 0.15) is 11.4 Å². The summed E-state index contributed by atoms with van der Waals surface area (Å²) in [6, 6.07) is 8.81. The molecule has 7 heteroatoms. The number of nitrogens with zero attached hydrogens (tertiary/aromatic N) is 1. The van der Waals surface area contributed by atoms with Crippen LogP contribution in [-0.2, 0) is 4.74 Å². The molecule has 0 aliphatic rings. The van der Waals surface area contributed by atoms with Crippen molar-refractivity contribution in [1.29, 1.82) is 0 Å². The lowest BCUT2D eigenvalue weighted by Crippen LogP contribution is -2.26. The van der Waals surface area contributed by atoms with Crippen LogP contribution in [0.2, 0.25) is 10.0 Å². The standard InChI is InChI=1S/C22H20Cl2FNO3/c1-12(15-7-5-13(23)9-18(15)24)20(27)17-11-26(21(28)29-22(2,3)4)19-8-6-14(25)10-16(17)19/h5-12H,1-4H3. The Balaban J connectivity index is 2.10. The zero-order valence-electron chi connectivity index (χ0n) is 16.4. The second kappa shape index (κ2) is 7.81. The van der Waals surface area contributed by atoms with Crippen LogP contribution in [0.5, 0.6) is 0 Å². The first-order chi connectivity index (χ1) is 13.5. The molecule has 0 spiro atoms. The Bertz CT molecular complexity index is 1120. The summed E-state index contributed by atoms with van der Waals surface area (Å²) in [6.07, 6.45) is 0.742. The Hall–Kier alpha value is -2.37. The van der Waals surface area contributed by atoms with Gasteiger partial charge in [-0.05, 0) is 56.7 Å². The van der Waals surface area contributed by atoms with E-state index in [2.05, 4.69) is 0 Å². The van der Waals surface area contributed by atoms with Gasteiger partial charge in [-0.1, -0.05) is 36.2 Å². The third kappa shape index (κ3) is 4.46. The van der Waals surface area contributed by atoms with Gasteiger partial charge >= 0.3 is 6.09 Å². The Morgan fingerprint density at radius 3 is 2.41 bits per heavy atom. The van der Waals surface area contributed by atoms with Crippen molar-refractivity contribution in [2.75, 3.05) is 0 Å². The van der Waals surface area contributed by atoms with E-state index in [1.807, 2.05) is 0 Å². The fourth-order valence-electron chi connectivity index (χ4n) is 3.09. The van der Waals surface area contributed by atoms with Gasteiger partial charge < -0.3 is 4.74 Å². The van der Waals surface area contributed by atoms with Crippen molar-refractivity contribution in [3.05, 3.63) is 69.6 Å². The van der Waals surface area contributed by atoms with Gasteiger partial charge in [-0.25, -0.2) is 9.18 Å². The van der Waals surface area contributed by atoms with Crippen molar-refractivity contribution in [2.24, 2.45) is 0 Å². The number of carbonyl (C=O) groups is 2. The number of hydrogen-bond acceptors (Lipinski definition) is 3. The molecule has 0 saturated carbocycles. The second-order valence-electron chi connectivity index (χ2n) is 7.81. The van der Waals surface area contributed by atoms with Crippen LogP contribution < -0.4 is 0 Å². The minimum atomic E-state index is -0.720. The summed E-state index contributed by atoms with van der Waals surface area (Å²) in [6.45, 7) is 6.93. The summed E-state index contributed by atoms with van der Waals surface area (Å²) < 4.78 is 20.6. The number of benzene rings is 2. The molecule has 152 valence electrons. The van der Waals surface area contributed by atoms with Gasteiger partial charge in [0, 0.05) is 33.1 Å². The quantitative estimate of drug-likeness (QED) is 0.422. The fourth-order valence-corrected chi connectivity index (χ4v) is 3.66. The zero-order chi connectivity index (χ0) is 21.5. The number of Topliss-reactive ketones (excluding diaryl/α,β-unsaturated/α-hetero) is 1. The minimum Gasteiger partial charge on any atom is -0.443 e. The minimum absolute atomic E-state index is 0.212. The van der Waals surface area contributed by atoms with E-state index in [4.69, 9.17) is 27.9 Å². The van der Waals surface area contributed by atoms with E-state index in [1.54, 1.807) is 45.9 Å².